The molecule has 0 N–H and O–H groups in total. The Balaban J connectivity index is 1.85. The second-order valence-corrected chi connectivity index (χ2v) is 7.98. The molecule has 0 heterocycles. The third-order valence-corrected chi connectivity index (χ3v) is 5.87. The molecule has 0 aromatic rings. The van der Waals surface area contributed by atoms with E-state index >= 15 is 0 Å². The Morgan fingerprint density at radius 2 is 1.95 bits per heavy atom. The largest absolute Gasteiger partial charge is 0.331 e. The molecule has 0 aromatic heterocycles. The first-order valence-corrected chi connectivity index (χ1v) is 8.23. The van der Waals surface area contributed by atoms with Crippen LogP contribution in [0.5, 0.6) is 0 Å². The monoisotopic (exact) mass is 273 g/mol. The summed E-state index contributed by atoms with van der Waals surface area (Å²) in [6, 6.07) is 0. The molecule has 4 aliphatic rings. The van der Waals surface area contributed by atoms with Crippen LogP contribution >= 0.6 is 0 Å². The zero-order valence-electron chi connectivity index (χ0n) is 13.0. The summed E-state index contributed by atoms with van der Waals surface area (Å²) in [5, 5.41) is 0. The van der Waals surface area contributed by atoms with E-state index in [1.54, 1.807) is 0 Å². The standard InChI is InChI=1S/C18H27NO/c1-4-6-19(7-5-2)16(20)18-11-14-8-15(12-18)10-17(3,9-14)13-18/h1,14-15H,5-13H2,2-3H3. The molecule has 2 atom stereocenters. The first kappa shape index (κ1) is 14.0. The van der Waals surface area contributed by atoms with Gasteiger partial charge in [0, 0.05) is 6.54 Å². The normalized spacial score (nSPS) is 41.5. The van der Waals surface area contributed by atoms with Crippen LogP contribution in [0, 0.1) is 35.0 Å². The molecule has 4 bridgehead atoms. The van der Waals surface area contributed by atoms with Gasteiger partial charge in [-0.3, -0.25) is 4.79 Å². The number of hydrogen-bond donors (Lipinski definition) is 0. The van der Waals surface area contributed by atoms with Gasteiger partial charge in [0.05, 0.1) is 12.0 Å². The fourth-order valence-electron chi connectivity index (χ4n) is 5.94. The Labute approximate surface area is 123 Å². The quantitative estimate of drug-likeness (QED) is 0.718. The van der Waals surface area contributed by atoms with E-state index in [9.17, 15) is 4.79 Å². The summed E-state index contributed by atoms with van der Waals surface area (Å²) in [5.74, 6) is 4.64. The fourth-order valence-corrected chi connectivity index (χ4v) is 5.94. The molecule has 4 fully saturated rings. The zero-order valence-corrected chi connectivity index (χ0v) is 13.0. The van der Waals surface area contributed by atoms with Crippen LogP contribution in [-0.2, 0) is 4.79 Å². The highest BCUT2D eigenvalue weighted by Crippen LogP contribution is 2.65. The lowest BCUT2D eigenvalue weighted by Gasteiger charge is -2.61. The maximum atomic E-state index is 13.1. The maximum Gasteiger partial charge on any atom is 0.229 e. The number of carbonyl (C=O) groups is 1. The number of hydrogen-bond acceptors (Lipinski definition) is 1. The number of rotatable bonds is 4. The van der Waals surface area contributed by atoms with Crippen molar-refractivity contribution in [1.29, 1.82) is 0 Å². The lowest BCUT2D eigenvalue weighted by atomic mass is 9.44. The van der Waals surface area contributed by atoms with Gasteiger partial charge < -0.3 is 4.90 Å². The number of terminal acetylenes is 1. The summed E-state index contributed by atoms with van der Waals surface area (Å²) in [7, 11) is 0. The van der Waals surface area contributed by atoms with Crippen LogP contribution in [-0.4, -0.2) is 23.9 Å². The first-order chi connectivity index (χ1) is 9.50. The van der Waals surface area contributed by atoms with Crippen LogP contribution in [0.3, 0.4) is 0 Å². The van der Waals surface area contributed by atoms with E-state index in [0.717, 1.165) is 44.1 Å². The Bertz CT molecular complexity index is 433. The maximum absolute atomic E-state index is 13.1. The molecule has 4 rings (SSSR count). The molecule has 4 saturated carbocycles. The van der Waals surface area contributed by atoms with Gasteiger partial charge in [-0.25, -0.2) is 0 Å². The molecule has 110 valence electrons. The minimum Gasteiger partial charge on any atom is -0.331 e. The highest BCUT2D eigenvalue weighted by molar-refractivity contribution is 5.83. The van der Waals surface area contributed by atoms with Gasteiger partial charge in [-0.05, 0) is 62.2 Å². The molecule has 4 aliphatic carbocycles. The summed E-state index contributed by atoms with van der Waals surface area (Å²) in [4.78, 5) is 15.1. The molecule has 1 amide bonds. The third kappa shape index (κ3) is 2.16. The van der Waals surface area contributed by atoms with Crippen LogP contribution in [0.15, 0.2) is 0 Å². The number of carbonyl (C=O) groups excluding carboxylic acids is 1. The molecule has 2 unspecified atom stereocenters. The second kappa shape index (κ2) is 4.79. The van der Waals surface area contributed by atoms with Crippen LogP contribution < -0.4 is 0 Å². The summed E-state index contributed by atoms with van der Waals surface area (Å²) in [6.45, 7) is 5.84. The number of nitrogens with zero attached hydrogens (tertiary/aromatic N) is 1. The third-order valence-electron chi connectivity index (χ3n) is 5.87. The molecular formula is C18H27NO. The number of amides is 1. The fraction of sp³-hybridized carbons (Fsp3) is 0.833. The smallest absolute Gasteiger partial charge is 0.229 e. The van der Waals surface area contributed by atoms with Crippen molar-refractivity contribution in [3.63, 3.8) is 0 Å². The average molecular weight is 273 g/mol. The van der Waals surface area contributed by atoms with Crippen molar-refractivity contribution >= 4 is 5.91 Å². The van der Waals surface area contributed by atoms with Crippen LogP contribution in [0.4, 0.5) is 0 Å². The molecular weight excluding hydrogens is 246 g/mol. The van der Waals surface area contributed by atoms with Crippen molar-refractivity contribution in [3.05, 3.63) is 0 Å². The molecule has 0 radical (unpaired) electrons. The summed E-state index contributed by atoms with van der Waals surface area (Å²) in [6.07, 6.45) is 13.9. The minimum atomic E-state index is -0.0646. The molecule has 0 spiro atoms. The van der Waals surface area contributed by atoms with Crippen LogP contribution in [0.2, 0.25) is 0 Å². The lowest BCUT2D eigenvalue weighted by Crippen LogP contribution is -2.57. The van der Waals surface area contributed by atoms with E-state index in [0.29, 0.717) is 17.9 Å². The van der Waals surface area contributed by atoms with Gasteiger partial charge in [-0.15, -0.1) is 6.42 Å². The predicted octanol–water partition coefficient (Wildman–Crippen LogP) is 3.46. The van der Waals surface area contributed by atoms with E-state index < -0.39 is 0 Å². The molecule has 2 nitrogen and oxygen atoms in total. The van der Waals surface area contributed by atoms with Crippen LogP contribution in [0.25, 0.3) is 0 Å². The zero-order chi connectivity index (χ0) is 14.4. The average Bonchev–Trinajstić information content (AvgIpc) is 2.34. The van der Waals surface area contributed by atoms with Gasteiger partial charge in [0.15, 0.2) is 0 Å². The highest BCUT2D eigenvalue weighted by Gasteiger charge is 2.59. The van der Waals surface area contributed by atoms with Crippen molar-refractivity contribution in [1.82, 2.24) is 4.90 Å². The highest BCUT2D eigenvalue weighted by atomic mass is 16.2. The minimum absolute atomic E-state index is 0.0646. The van der Waals surface area contributed by atoms with E-state index in [4.69, 9.17) is 6.42 Å². The van der Waals surface area contributed by atoms with Crippen molar-refractivity contribution < 1.29 is 4.79 Å². The Kier molecular flexibility index (Phi) is 3.35. The molecule has 0 saturated heterocycles. The van der Waals surface area contributed by atoms with Crippen molar-refractivity contribution in [3.8, 4) is 12.3 Å². The van der Waals surface area contributed by atoms with Gasteiger partial charge >= 0.3 is 0 Å². The van der Waals surface area contributed by atoms with Gasteiger partial charge in [0.1, 0.15) is 0 Å². The van der Waals surface area contributed by atoms with Gasteiger partial charge in [-0.2, -0.15) is 0 Å². The Morgan fingerprint density at radius 1 is 1.30 bits per heavy atom. The van der Waals surface area contributed by atoms with Crippen molar-refractivity contribution in [2.75, 3.05) is 13.1 Å². The summed E-state index contributed by atoms with van der Waals surface area (Å²) in [5.41, 5.74) is 0.360. The first-order valence-electron chi connectivity index (χ1n) is 8.23. The topological polar surface area (TPSA) is 20.3 Å². The lowest BCUT2D eigenvalue weighted by molar-refractivity contribution is -0.165. The van der Waals surface area contributed by atoms with E-state index in [1.165, 1.54) is 19.3 Å². The Hall–Kier alpha value is -0.970. The van der Waals surface area contributed by atoms with Gasteiger partial charge in [-0.1, -0.05) is 19.8 Å². The summed E-state index contributed by atoms with van der Waals surface area (Å²) < 4.78 is 0. The van der Waals surface area contributed by atoms with E-state index in [1.807, 2.05) is 4.90 Å². The Morgan fingerprint density at radius 3 is 2.45 bits per heavy atom. The van der Waals surface area contributed by atoms with Gasteiger partial charge in [0.2, 0.25) is 5.91 Å². The summed E-state index contributed by atoms with van der Waals surface area (Å²) >= 11 is 0. The van der Waals surface area contributed by atoms with Crippen molar-refractivity contribution in [2.45, 2.75) is 58.8 Å². The van der Waals surface area contributed by atoms with E-state index in [-0.39, 0.29) is 5.41 Å². The molecule has 2 heteroatoms. The SMILES string of the molecule is C#CCN(CCC)C(=O)C12CC3CC(CC(C)(C3)C1)C2. The predicted molar refractivity (Wildman–Crippen MR) is 80.9 cm³/mol. The van der Waals surface area contributed by atoms with E-state index in [2.05, 4.69) is 19.8 Å². The van der Waals surface area contributed by atoms with Crippen molar-refractivity contribution in [2.24, 2.45) is 22.7 Å². The molecule has 0 aliphatic heterocycles. The second-order valence-electron chi connectivity index (χ2n) is 7.98. The molecule has 0 aromatic carbocycles. The van der Waals surface area contributed by atoms with Gasteiger partial charge in [0.25, 0.3) is 0 Å². The molecule has 20 heavy (non-hydrogen) atoms. The van der Waals surface area contributed by atoms with Crippen LogP contribution in [0.1, 0.15) is 58.8 Å².